The number of aliphatic carboxylic acids is 2. The zero-order valence-electron chi connectivity index (χ0n) is 12.3. The van der Waals surface area contributed by atoms with Crippen LogP contribution in [0.15, 0.2) is 30.3 Å². The summed E-state index contributed by atoms with van der Waals surface area (Å²) in [5.74, 6) is -5.85. The standard InChI is InChI=1S/C16H18N2O5/c17-14(23)16-9(11(16)13(21)22)6-7-15(16,18)10(12(19)20)8-4-2-1-3-5-8/h1-5,9-11H,6-7,18H2,(H2,17,23)(H,19,20)(H,21,22). The number of hydrogen-bond donors (Lipinski definition) is 4. The van der Waals surface area contributed by atoms with Crippen molar-refractivity contribution in [2.45, 2.75) is 24.3 Å². The lowest BCUT2D eigenvalue weighted by molar-refractivity contribution is -0.147. The first-order valence-electron chi connectivity index (χ1n) is 7.37. The van der Waals surface area contributed by atoms with Gasteiger partial charge < -0.3 is 21.7 Å². The number of benzene rings is 1. The van der Waals surface area contributed by atoms with Crippen molar-refractivity contribution in [3.8, 4) is 0 Å². The summed E-state index contributed by atoms with van der Waals surface area (Å²) in [6.45, 7) is 0. The Morgan fingerprint density at radius 1 is 1.17 bits per heavy atom. The SMILES string of the molecule is NC(=O)C12C(CCC1(N)C(C(=O)O)c1ccccc1)C2C(=O)O. The molecule has 1 aromatic rings. The van der Waals surface area contributed by atoms with E-state index in [1.807, 2.05) is 0 Å². The number of rotatable bonds is 5. The fraction of sp³-hybridized carbons (Fsp3) is 0.438. The van der Waals surface area contributed by atoms with E-state index in [2.05, 4.69) is 0 Å². The number of carbonyl (C=O) groups is 3. The molecule has 7 nitrogen and oxygen atoms in total. The van der Waals surface area contributed by atoms with Crippen LogP contribution in [0.2, 0.25) is 0 Å². The maximum absolute atomic E-state index is 12.1. The van der Waals surface area contributed by atoms with Gasteiger partial charge in [-0.25, -0.2) is 0 Å². The van der Waals surface area contributed by atoms with Crippen LogP contribution in [0.25, 0.3) is 0 Å². The van der Waals surface area contributed by atoms with Crippen LogP contribution in [-0.4, -0.2) is 33.6 Å². The number of primary amides is 1. The van der Waals surface area contributed by atoms with E-state index in [0.717, 1.165) is 0 Å². The summed E-state index contributed by atoms with van der Waals surface area (Å²) >= 11 is 0. The Morgan fingerprint density at radius 2 is 1.78 bits per heavy atom. The van der Waals surface area contributed by atoms with Crippen LogP contribution in [0.1, 0.15) is 24.3 Å². The van der Waals surface area contributed by atoms with Crippen molar-refractivity contribution in [1.82, 2.24) is 0 Å². The predicted molar refractivity (Wildman–Crippen MR) is 79.2 cm³/mol. The van der Waals surface area contributed by atoms with Crippen molar-refractivity contribution >= 4 is 17.8 Å². The number of amides is 1. The average molecular weight is 318 g/mol. The summed E-state index contributed by atoms with van der Waals surface area (Å²) in [4.78, 5) is 35.5. The van der Waals surface area contributed by atoms with Gasteiger partial charge in [0.2, 0.25) is 5.91 Å². The van der Waals surface area contributed by atoms with E-state index in [-0.39, 0.29) is 6.42 Å². The number of carboxylic acids is 2. The molecular weight excluding hydrogens is 300 g/mol. The van der Waals surface area contributed by atoms with Crippen molar-refractivity contribution in [2.24, 2.45) is 28.7 Å². The topological polar surface area (TPSA) is 144 Å². The van der Waals surface area contributed by atoms with E-state index in [0.29, 0.717) is 12.0 Å². The molecule has 0 bridgehead atoms. The van der Waals surface area contributed by atoms with E-state index >= 15 is 0 Å². The van der Waals surface area contributed by atoms with Crippen LogP contribution in [0.5, 0.6) is 0 Å². The highest BCUT2D eigenvalue weighted by molar-refractivity contribution is 5.97. The lowest BCUT2D eigenvalue weighted by Gasteiger charge is -2.39. The molecule has 1 aromatic carbocycles. The zero-order chi connectivity index (χ0) is 17.0. The number of nitrogens with two attached hydrogens (primary N) is 2. The van der Waals surface area contributed by atoms with Gasteiger partial charge in [0.25, 0.3) is 0 Å². The Hall–Kier alpha value is -2.41. The molecule has 2 saturated carbocycles. The van der Waals surface area contributed by atoms with E-state index in [4.69, 9.17) is 11.5 Å². The van der Waals surface area contributed by atoms with E-state index in [1.165, 1.54) is 0 Å². The molecule has 23 heavy (non-hydrogen) atoms. The quantitative estimate of drug-likeness (QED) is 0.608. The molecule has 0 radical (unpaired) electrons. The summed E-state index contributed by atoms with van der Waals surface area (Å²) in [6, 6.07) is 8.34. The molecule has 2 fully saturated rings. The summed E-state index contributed by atoms with van der Waals surface area (Å²) in [5, 5.41) is 19.1. The monoisotopic (exact) mass is 318 g/mol. The van der Waals surface area contributed by atoms with Crippen LogP contribution >= 0.6 is 0 Å². The Morgan fingerprint density at radius 3 is 2.22 bits per heavy atom. The highest BCUT2D eigenvalue weighted by atomic mass is 16.4. The Kier molecular flexibility index (Phi) is 3.23. The molecule has 0 aromatic heterocycles. The molecule has 0 spiro atoms. The lowest BCUT2D eigenvalue weighted by atomic mass is 9.68. The van der Waals surface area contributed by atoms with Crippen LogP contribution in [0, 0.1) is 17.3 Å². The van der Waals surface area contributed by atoms with Gasteiger partial charge in [0, 0.05) is 5.54 Å². The van der Waals surface area contributed by atoms with Crippen molar-refractivity contribution < 1.29 is 24.6 Å². The van der Waals surface area contributed by atoms with Gasteiger partial charge in [0.15, 0.2) is 0 Å². The van der Waals surface area contributed by atoms with Crippen molar-refractivity contribution in [2.75, 3.05) is 0 Å². The minimum Gasteiger partial charge on any atom is -0.481 e. The normalized spacial score (nSPS) is 36.0. The first kappa shape index (κ1) is 15.5. The third kappa shape index (κ3) is 1.77. The molecule has 5 unspecified atom stereocenters. The maximum atomic E-state index is 12.1. The van der Waals surface area contributed by atoms with Gasteiger partial charge in [-0.05, 0) is 24.3 Å². The lowest BCUT2D eigenvalue weighted by Crippen LogP contribution is -2.59. The number of carbonyl (C=O) groups excluding carboxylic acids is 1. The minimum absolute atomic E-state index is 0.246. The average Bonchev–Trinajstić information content (AvgIpc) is 3.09. The second-order valence-corrected chi connectivity index (χ2v) is 6.42. The van der Waals surface area contributed by atoms with Gasteiger partial charge >= 0.3 is 11.9 Å². The third-order valence-corrected chi connectivity index (χ3v) is 5.58. The first-order valence-corrected chi connectivity index (χ1v) is 7.37. The molecule has 5 atom stereocenters. The predicted octanol–water partition coefficient (Wildman–Crippen LogP) is 0.148. The summed E-state index contributed by atoms with van der Waals surface area (Å²) in [5.41, 5.74) is 9.39. The summed E-state index contributed by atoms with van der Waals surface area (Å²) < 4.78 is 0. The molecule has 1 amide bonds. The highest BCUT2D eigenvalue weighted by Gasteiger charge is 2.84. The van der Waals surface area contributed by atoms with Crippen molar-refractivity contribution in [1.29, 1.82) is 0 Å². The van der Waals surface area contributed by atoms with Crippen LogP contribution < -0.4 is 11.5 Å². The maximum Gasteiger partial charge on any atom is 0.312 e. The van der Waals surface area contributed by atoms with Gasteiger partial charge in [-0.2, -0.15) is 0 Å². The molecule has 122 valence electrons. The molecule has 3 rings (SSSR count). The fourth-order valence-electron chi connectivity index (χ4n) is 4.71. The van der Waals surface area contributed by atoms with Crippen LogP contribution in [-0.2, 0) is 14.4 Å². The molecule has 2 aliphatic carbocycles. The van der Waals surface area contributed by atoms with Crippen molar-refractivity contribution in [3.63, 3.8) is 0 Å². The Bertz CT molecular complexity index is 691. The molecule has 7 heteroatoms. The molecule has 0 heterocycles. The highest BCUT2D eigenvalue weighted by Crippen LogP contribution is 2.74. The Labute approximate surface area is 132 Å². The van der Waals surface area contributed by atoms with Crippen LogP contribution in [0.3, 0.4) is 0 Å². The molecule has 6 N–H and O–H groups in total. The summed E-state index contributed by atoms with van der Waals surface area (Å²) in [6.07, 6.45) is 0.628. The van der Waals surface area contributed by atoms with E-state index in [1.54, 1.807) is 30.3 Å². The number of hydrogen-bond acceptors (Lipinski definition) is 4. The van der Waals surface area contributed by atoms with Gasteiger partial charge in [0.05, 0.1) is 11.3 Å². The molecule has 0 aliphatic heterocycles. The minimum atomic E-state index is -1.51. The van der Waals surface area contributed by atoms with E-state index < -0.39 is 46.6 Å². The molecule has 2 aliphatic rings. The summed E-state index contributed by atoms with van der Waals surface area (Å²) in [7, 11) is 0. The van der Waals surface area contributed by atoms with Gasteiger partial charge in [-0.15, -0.1) is 0 Å². The Balaban J connectivity index is 2.14. The zero-order valence-corrected chi connectivity index (χ0v) is 12.3. The second-order valence-electron chi connectivity index (χ2n) is 6.42. The van der Waals surface area contributed by atoms with Gasteiger partial charge in [-0.3, -0.25) is 14.4 Å². The third-order valence-electron chi connectivity index (χ3n) is 5.58. The number of carboxylic acid groups (broad SMARTS) is 2. The second kappa shape index (κ2) is 4.79. The first-order chi connectivity index (χ1) is 10.8. The van der Waals surface area contributed by atoms with Gasteiger partial charge in [-0.1, -0.05) is 30.3 Å². The molecular formula is C16H18N2O5. The van der Waals surface area contributed by atoms with Crippen molar-refractivity contribution in [3.05, 3.63) is 35.9 Å². The number of fused-ring (bicyclic) bond motifs is 1. The fourth-order valence-corrected chi connectivity index (χ4v) is 4.71. The molecule has 0 saturated heterocycles. The smallest absolute Gasteiger partial charge is 0.312 e. The van der Waals surface area contributed by atoms with E-state index in [9.17, 15) is 24.6 Å². The van der Waals surface area contributed by atoms with Gasteiger partial charge in [0.1, 0.15) is 5.92 Å². The van der Waals surface area contributed by atoms with Crippen LogP contribution in [0.4, 0.5) is 0 Å². The largest absolute Gasteiger partial charge is 0.481 e.